The lowest BCUT2D eigenvalue weighted by molar-refractivity contribution is -0.113. The van der Waals surface area contributed by atoms with Crippen LogP contribution in [-0.4, -0.2) is 51.3 Å². The Kier molecular flexibility index (Phi) is 13.2. The van der Waals surface area contributed by atoms with Crippen LogP contribution in [0, 0.1) is 80.0 Å². The molecule has 0 N–H and O–H groups in total. The van der Waals surface area contributed by atoms with E-state index in [1.54, 1.807) is 30.9 Å². The first-order valence-electron chi connectivity index (χ1n) is 41.0. The van der Waals surface area contributed by atoms with Crippen LogP contribution in [0.5, 0.6) is 0 Å². The third-order valence-corrected chi connectivity index (χ3v) is 24.6. The first kappa shape index (κ1) is 50.6. The van der Waals surface area contributed by atoms with Gasteiger partial charge in [0.15, 0.2) is 5.58 Å². The molecule has 4 atom stereocenters. The van der Waals surface area contributed by atoms with Crippen molar-refractivity contribution in [1.29, 1.82) is 0 Å². The van der Waals surface area contributed by atoms with Crippen LogP contribution in [0.4, 0.5) is 22.7 Å². The van der Waals surface area contributed by atoms with E-state index in [1.165, 1.54) is 136 Å². The zero-order chi connectivity index (χ0) is 74.0. The summed E-state index contributed by atoms with van der Waals surface area (Å²) < 4.78 is 109. The summed E-state index contributed by atoms with van der Waals surface area (Å²) in [4.78, 5) is 13.9. The van der Waals surface area contributed by atoms with E-state index in [-0.39, 0.29) is 28.5 Å². The van der Waals surface area contributed by atoms with Gasteiger partial charge in [-0.3, -0.25) is 0 Å². The number of aryl methyl sites for hydroxylation is 5. The molecule has 4 aromatic carbocycles. The van der Waals surface area contributed by atoms with Gasteiger partial charge in [-0.1, -0.05) is 119 Å². The van der Waals surface area contributed by atoms with Gasteiger partial charge in [0.1, 0.15) is 0 Å². The molecule has 6 aliphatic carbocycles. The molecule has 4 bridgehead atoms. The Hall–Kier alpha value is -4.97. The van der Waals surface area contributed by atoms with Crippen molar-refractivity contribution in [1.82, 2.24) is 4.98 Å². The maximum Gasteiger partial charge on any atom is 0.227 e. The molecule has 89 heavy (non-hydrogen) atoms. The molecule has 2 aromatic heterocycles. The predicted molar refractivity (Wildman–Crippen MR) is 381 cm³/mol. The summed E-state index contributed by atoms with van der Waals surface area (Å²) in [6.45, 7) is 29.5. The maximum atomic E-state index is 9.52. The highest BCUT2D eigenvalue weighted by Crippen LogP contribution is 2.70. The van der Waals surface area contributed by atoms with Crippen LogP contribution < -0.4 is 19.6 Å². The van der Waals surface area contributed by atoms with Crippen molar-refractivity contribution < 1.29 is 20.9 Å². The second kappa shape index (κ2) is 23.2. The zero-order valence-corrected chi connectivity index (χ0v) is 57.8. The van der Waals surface area contributed by atoms with Crippen molar-refractivity contribution in [3.8, 4) is 0 Å². The highest BCUT2D eigenvalue weighted by molar-refractivity contribution is 6.08. The van der Waals surface area contributed by atoms with Crippen molar-refractivity contribution in [3.63, 3.8) is 0 Å². The molecule has 0 amide bonds. The minimum Gasteiger partial charge on any atom is -0.436 e. The molecule has 482 valence electrons. The summed E-state index contributed by atoms with van der Waals surface area (Å²) in [5, 5.41) is 2.31. The smallest absolute Gasteiger partial charge is 0.227 e. The number of furan rings is 1. The van der Waals surface area contributed by atoms with E-state index in [0.29, 0.717) is 29.0 Å². The number of hydrogen-bond acceptors (Lipinski definition) is 6. The number of anilines is 4. The lowest BCUT2D eigenvalue weighted by Crippen LogP contribution is -2.57. The first-order chi connectivity index (χ1) is 46.8. The Bertz CT molecular complexity index is 3990. The van der Waals surface area contributed by atoms with Crippen LogP contribution in [0.3, 0.4) is 0 Å². The van der Waals surface area contributed by atoms with Gasteiger partial charge in [0, 0.05) is 96.3 Å². The fourth-order valence-electron chi connectivity index (χ4n) is 21.3. The number of fused-ring (bicyclic) bond motifs is 3. The van der Waals surface area contributed by atoms with Gasteiger partial charge in [-0.15, -0.1) is 0 Å². The quantitative estimate of drug-likeness (QED) is 0.175. The third kappa shape index (κ3) is 11.1. The topological polar surface area (TPSA) is 39.0 Å². The molecule has 10 aliphatic rings. The number of hydrogen-bond donors (Lipinski definition) is 0. The molecule has 4 unspecified atom stereocenters. The van der Waals surface area contributed by atoms with Crippen molar-refractivity contribution in [3.05, 3.63) is 125 Å². The van der Waals surface area contributed by atoms with E-state index in [4.69, 9.17) is 18.1 Å². The monoisotopic (exact) mass is 1210 g/mol. The van der Waals surface area contributed by atoms with Crippen molar-refractivity contribution in [2.75, 3.05) is 19.6 Å². The van der Waals surface area contributed by atoms with E-state index in [2.05, 4.69) is 176 Å². The summed E-state index contributed by atoms with van der Waals surface area (Å²) in [5.41, 5.74) is 7.14. The fourth-order valence-corrected chi connectivity index (χ4v) is 21.3. The van der Waals surface area contributed by atoms with Gasteiger partial charge in [0.2, 0.25) is 5.71 Å². The van der Waals surface area contributed by atoms with Crippen molar-refractivity contribution >= 4 is 44.8 Å². The van der Waals surface area contributed by atoms with Gasteiger partial charge in [-0.2, -0.15) is 0 Å². The Morgan fingerprint density at radius 2 is 0.899 bits per heavy atom. The van der Waals surface area contributed by atoms with E-state index in [0.717, 1.165) is 52.6 Å². The molecule has 4 saturated heterocycles. The van der Waals surface area contributed by atoms with E-state index < -0.39 is 60.9 Å². The number of para-hydroxylation sites is 3. The molecular formula is C83H119N5O. The van der Waals surface area contributed by atoms with Crippen molar-refractivity contribution in [2.45, 2.75) is 300 Å². The lowest BCUT2D eigenvalue weighted by Gasteiger charge is -2.62. The van der Waals surface area contributed by atoms with Gasteiger partial charge >= 0.3 is 0 Å². The molecule has 16 rings (SSSR count). The second-order valence-electron chi connectivity index (χ2n) is 32.3. The molecule has 0 radical (unpaired) electrons. The van der Waals surface area contributed by atoms with Gasteiger partial charge in [-0.05, 0) is 299 Å². The Morgan fingerprint density at radius 1 is 0.449 bits per heavy atom. The van der Waals surface area contributed by atoms with Crippen LogP contribution in [0.15, 0.2) is 101 Å². The molecule has 6 heterocycles. The second-order valence-corrected chi connectivity index (χ2v) is 32.3. The van der Waals surface area contributed by atoms with Crippen molar-refractivity contribution in [2.24, 2.45) is 45.3 Å². The van der Waals surface area contributed by atoms with Gasteiger partial charge in [0.05, 0.1) is 5.69 Å². The summed E-state index contributed by atoms with van der Waals surface area (Å²) >= 11 is 0. The number of rotatable bonds is 4. The molecule has 10 fully saturated rings. The van der Waals surface area contributed by atoms with Gasteiger partial charge < -0.3 is 24.0 Å². The lowest BCUT2D eigenvalue weighted by atomic mass is 9.43. The summed E-state index contributed by atoms with van der Waals surface area (Å²) in [6, 6.07) is 32.9. The standard InChI is InChI=1S/C25H32N2O.C23H33N.C19H29N.C16H25N/c1-16-9-11-19-20-12-10-17(2)26-23(20)28-22(19)21(16)27-18(3)25(15-24(27,4)5)13-7-6-8-14-25;1-15-7-5-6-8-21(15)24-16(2)23(14-22(24,3)4)19-10-17-9-18(12-19)13-20(23)11-17;1-15-10-6-7-11-17(15)20-16(2)19(14-18(20,3)4)12-8-5-9-13-19;1-12-9-7-8-10-14(12)17-13(2)15(3,4)11-16(17,5)6/h9-12,18H,6-8,13-15H2,1-5H3;5-8,16-20H,9-14H2,1-4H3;6-7,10-11,16H,5,8-9,12-14H2,1-4H3;7-10,13H,11H2,1-6H3/i;2*14D2;3D3,4D3,11D2. The third-order valence-electron chi connectivity index (χ3n) is 24.6. The Labute approximate surface area is 558 Å². The number of pyridine rings is 1. The molecule has 6 saturated carbocycles. The first-order valence-corrected chi connectivity index (χ1v) is 35.0. The van der Waals surface area contributed by atoms with Crippen LogP contribution in [0.1, 0.15) is 263 Å². The molecule has 6 nitrogen and oxygen atoms in total. The highest BCUT2D eigenvalue weighted by Gasteiger charge is 2.66. The summed E-state index contributed by atoms with van der Waals surface area (Å²) in [6.07, 6.45) is 15.5. The minimum absolute atomic E-state index is 0.123. The van der Waals surface area contributed by atoms with Crippen LogP contribution in [0.25, 0.3) is 22.1 Å². The SMILES string of the molecule is Cc1ccc2c(n1)oc1c(N3C(C)C4(CCCCC4)CC3(C)C)c(C)ccc12.[2H]C([2H])([2H])C1(C([2H])([2H])[2H])C(C)N(c2ccccc2C)C(C)(C)C1([2H])[2H].[2H]C1([2H])C2(C3CC4CC(C3)CC2C4)C(C)N(c2ccccc2C)C1(C)C.[2H]C1([2H])C2(CCCCC2)C(C)N(c2ccccc2C)C1(C)C. The number of benzene rings is 4. The normalized spacial score (nSPS) is 35.0. The summed E-state index contributed by atoms with van der Waals surface area (Å²) in [7, 11) is 0. The predicted octanol–water partition coefficient (Wildman–Crippen LogP) is 22.5. The molecule has 6 heteroatoms. The van der Waals surface area contributed by atoms with Crippen LogP contribution in [0.2, 0.25) is 0 Å². The fraction of sp³-hybridized carbons (Fsp3) is 0.651. The van der Waals surface area contributed by atoms with E-state index >= 15 is 0 Å². The molecular weight excluding hydrogens is 1080 g/mol. The molecule has 3 spiro atoms. The average molecular weight is 1210 g/mol. The molecule has 4 aliphatic heterocycles. The van der Waals surface area contributed by atoms with E-state index in [1.807, 2.05) is 26.0 Å². The average Bonchev–Trinajstić information content (AvgIpc) is 1.53. The maximum absolute atomic E-state index is 9.52. The number of nitrogens with zero attached hydrogens (tertiary/aromatic N) is 5. The van der Waals surface area contributed by atoms with Gasteiger partial charge in [-0.25, -0.2) is 4.98 Å². The zero-order valence-electron chi connectivity index (χ0n) is 69.8. The highest BCUT2D eigenvalue weighted by atomic mass is 16.3. The Morgan fingerprint density at radius 3 is 1.40 bits per heavy atom. The minimum atomic E-state index is -3.00. The largest absolute Gasteiger partial charge is 0.436 e. The van der Waals surface area contributed by atoms with E-state index in [9.17, 15) is 2.74 Å². The summed E-state index contributed by atoms with van der Waals surface area (Å²) in [5.74, 6) is 2.89. The van der Waals surface area contributed by atoms with Gasteiger partial charge in [0.25, 0.3) is 0 Å². The van der Waals surface area contributed by atoms with Crippen LogP contribution in [-0.2, 0) is 0 Å². The van der Waals surface area contributed by atoms with Crippen LogP contribution >= 0.6 is 0 Å². The molecule has 6 aromatic rings. The number of aromatic nitrogens is 1. The Balaban J connectivity index is 0.000000128.